The minimum absolute atomic E-state index is 0.0450. The first kappa shape index (κ1) is 13.0. The molecule has 3 rings (SSSR count). The highest BCUT2D eigenvalue weighted by Crippen LogP contribution is 2.44. The number of rotatable bonds is 2. The van der Waals surface area contributed by atoms with Gasteiger partial charge in [-0.2, -0.15) is 0 Å². The van der Waals surface area contributed by atoms with Gasteiger partial charge >= 0.3 is 0 Å². The molecule has 0 radical (unpaired) electrons. The van der Waals surface area contributed by atoms with E-state index in [0.29, 0.717) is 5.56 Å². The highest BCUT2D eigenvalue weighted by molar-refractivity contribution is 5.52. The zero-order chi connectivity index (χ0) is 14.3. The van der Waals surface area contributed by atoms with Crippen molar-refractivity contribution in [3.05, 3.63) is 59.4 Å². The van der Waals surface area contributed by atoms with E-state index in [4.69, 9.17) is 4.74 Å². The highest BCUT2D eigenvalue weighted by Gasteiger charge is 2.40. The summed E-state index contributed by atoms with van der Waals surface area (Å²) in [4.78, 5) is 0. The number of nitrogens with one attached hydrogen (secondary N) is 1. The Labute approximate surface area is 118 Å². The largest absolute Gasteiger partial charge is 0.485 e. The second-order valence-electron chi connectivity index (χ2n) is 5.78. The summed E-state index contributed by atoms with van der Waals surface area (Å²) in [6.45, 7) is 5.88. The molecular weight excluding hydrogens is 253 g/mol. The van der Waals surface area contributed by atoms with Gasteiger partial charge in [0.05, 0.1) is 6.04 Å². The third-order valence-corrected chi connectivity index (χ3v) is 3.77. The number of halogens is 1. The van der Waals surface area contributed by atoms with Crippen LogP contribution in [0, 0.1) is 12.7 Å². The molecule has 0 saturated carbocycles. The Balaban J connectivity index is 1.94. The van der Waals surface area contributed by atoms with E-state index in [1.54, 1.807) is 13.0 Å². The van der Waals surface area contributed by atoms with Crippen molar-refractivity contribution in [1.82, 2.24) is 0 Å². The molecule has 1 N–H and O–H groups in total. The molecule has 2 aromatic carbocycles. The average molecular weight is 271 g/mol. The number of anilines is 1. The van der Waals surface area contributed by atoms with E-state index in [1.165, 1.54) is 6.07 Å². The van der Waals surface area contributed by atoms with Crippen molar-refractivity contribution >= 4 is 5.69 Å². The molecular formula is C17H18FNO. The van der Waals surface area contributed by atoms with E-state index < -0.39 is 0 Å². The predicted octanol–water partition coefficient (Wildman–Crippen LogP) is 4.46. The first-order valence-electron chi connectivity index (χ1n) is 6.78. The molecule has 0 aliphatic carbocycles. The van der Waals surface area contributed by atoms with Crippen LogP contribution in [0.3, 0.4) is 0 Å². The van der Waals surface area contributed by atoms with Crippen molar-refractivity contribution in [1.29, 1.82) is 0 Å². The fourth-order valence-corrected chi connectivity index (χ4v) is 2.68. The van der Waals surface area contributed by atoms with Crippen LogP contribution >= 0.6 is 0 Å². The Morgan fingerprint density at radius 1 is 1.15 bits per heavy atom. The van der Waals surface area contributed by atoms with Gasteiger partial charge in [-0.15, -0.1) is 0 Å². The van der Waals surface area contributed by atoms with Crippen molar-refractivity contribution in [2.45, 2.75) is 32.4 Å². The fourth-order valence-electron chi connectivity index (χ4n) is 2.68. The van der Waals surface area contributed by atoms with Gasteiger partial charge in [0.25, 0.3) is 0 Å². The Hall–Kier alpha value is -2.03. The molecule has 1 aliphatic heterocycles. The number of fused-ring (bicyclic) bond motifs is 1. The van der Waals surface area contributed by atoms with Gasteiger partial charge < -0.3 is 10.1 Å². The first-order chi connectivity index (χ1) is 9.47. The van der Waals surface area contributed by atoms with Crippen molar-refractivity contribution in [2.24, 2.45) is 0 Å². The minimum atomic E-state index is -0.341. The second kappa shape index (κ2) is 4.51. The summed E-state index contributed by atoms with van der Waals surface area (Å²) < 4.78 is 19.3. The number of hydrogen-bond donors (Lipinski definition) is 1. The third kappa shape index (κ3) is 2.13. The molecule has 0 fully saturated rings. The van der Waals surface area contributed by atoms with Crippen LogP contribution in [0.1, 0.15) is 31.0 Å². The Kier molecular flexibility index (Phi) is 2.93. The third-order valence-electron chi connectivity index (χ3n) is 3.77. The van der Waals surface area contributed by atoms with Crippen LogP contribution in [-0.2, 0) is 0 Å². The monoisotopic (exact) mass is 271 g/mol. The van der Waals surface area contributed by atoms with Gasteiger partial charge in [0, 0.05) is 11.3 Å². The molecule has 20 heavy (non-hydrogen) atoms. The number of para-hydroxylation sites is 1. The Bertz CT molecular complexity index is 651. The molecule has 104 valence electrons. The summed E-state index contributed by atoms with van der Waals surface area (Å²) in [5.74, 6) is 0.728. The SMILES string of the molecule is Cc1cc(NC2c3ccccc3OC2(C)C)ccc1F. The lowest BCUT2D eigenvalue weighted by Gasteiger charge is -2.28. The summed E-state index contributed by atoms with van der Waals surface area (Å²) in [6, 6.07) is 13.2. The Morgan fingerprint density at radius 2 is 1.90 bits per heavy atom. The summed E-state index contributed by atoms with van der Waals surface area (Å²) in [5, 5.41) is 3.46. The van der Waals surface area contributed by atoms with Crippen LogP contribution < -0.4 is 10.1 Å². The molecule has 2 aromatic rings. The van der Waals surface area contributed by atoms with E-state index in [9.17, 15) is 4.39 Å². The zero-order valence-electron chi connectivity index (χ0n) is 11.9. The zero-order valence-corrected chi connectivity index (χ0v) is 11.9. The topological polar surface area (TPSA) is 21.3 Å². The standard InChI is InChI=1S/C17H18FNO/c1-11-10-12(8-9-14(11)18)19-16-13-6-4-5-7-15(13)20-17(16,2)3/h4-10,16,19H,1-3H3. The maximum Gasteiger partial charge on any atom is 0.128 e. The molecule has 0 spiro atoms. The van der Waals surface area contributed by atoms with Crippen molar-refractivity contribution in [3.63, 3.8) is 0 Å². The number of benzene rings is 2. The van der Waals surface area contributed by atoms with Crippen LogP contribution in [0.2, 0.25) is 0 Å². The van der Waals surface area contributed by atoms with Gasteiger partial charge in [-0.1, -0.05) is 18.2 Å². The van der Waals surface area contributed by atoms with E-state index >= 15 is 0 Å². The highest BCUT2D eigenvalue weighted by atomic mass is 19.1. The van der Waals surface area contributed by atoms with Crippen molar-refractivity contribution in [2.75, 3.05) is 5.32 Å². The van der Waals surface area contributed by atoms with E-state index in [0.717, 1.165) is 17.0 Å². The molecule has 2 nitrogen and oxygen atoms in total. The number of ether oxygens (including phenoxy) is 1. The lowest BCUT2D eigenvalue weighted by molar-refractivity contribution is 0.118. The van der Waals surface area contributed by atoms with Crippen LogP contribution in [0.25, 0.3) is 0 Å². The van der Waals surface area contributed by atoms with Gasteiger partial charge in [-0.25, -0.2) is 4.39 Å². The number of hydrogen-bond acceptors (Lipinski definition) is 2. The smallest absolute Gasteiger partial charge is 0.128 e. The van der Waals surface area contributed by atoms with Gasteiger partial charge in [-0.05, 0) is 50.6 Å². The van der Waals surface area contributed by atoms with Crippen LogP contribution in [0.4, 0.5) is 10.1 Å². The van der Waals surface area contributed by atoms with E-state index in [-0.39, 0.29) is 17.5 Å². The van der Waals surface area contributed by atoms with Gasteiger partial charge in [-0.3, -0.25) is 0 Å². The Morgan fingerprint density at radius 3 is 2.65 bits per heavy atom. The molecule has 1 unspecified atom stereocenters. The number of aryl methyl sites for hydroxylation is 1. The second-order valence-corrected chi connectivity index (χ2v) is 5.78. The molecule has 0 saturated heterocycles. The molecule has 3 heteroatoms. The van der Waals surface area contributed by atoms with Crippen molar-refractivity contribution in [3.8, 4) is 5.75 Å². The summed E-state index contributed by atoms with van der Waals surface area (Å²) in [6.07, 6.45) is 0. The molecule has 1 heterocycles. The van der Waals surface area contributed by atoms with E-state index in [1.807, 2.05) is 24.3 Å². The maximum absolute atomic E-state index is 13.4. The summed E-state index contributed by atoms with van der Waals surface area (Å²) >= 11 is 0. The summed E-state index contributed by atoms with van der Waals surface area (Å²) in [7, 11) is 0. The lowest BCUT2D eigenvalue weighted by Crippen LogP contribution is -2.34. The van der Waals surface area contributed by atoms with Crippen LogP contribution in [-0.4, -0.2) is 5.60 Å². The average Bonchev–Trinajstić information content (AvgIpc) is 2.65. The van der Waals surface area contributed by atoms with Crippen LogP contribution in [0.15, 0.2) is 42.5 Å². The van der Waals surface area contributed by atoms with Gasteiger partial charge in [0.2, 0.25) is 0 Å². The maximum atomic E-state index is 13.4. The predicted molar refractivity (Wildman–Crippen MR) is 78.6 cm³/mol. The fraction of sp³-hybridized carbons (Fsp3) is 0.294. The van der Waals surface area contributed by atoms with Crippen LogP contribution in [0.5, 0.6) is 5.75 Å². The molecule has 0 aromatic heterocycles. The molecule has 0 amide bonds. The van der Waals surface area contributed by atoms with Gasteiger partial charge in [0.1, 0.15) is 17.2 Å². The van der Waals surface area contributed by atoms with Gasteiger partial charge in [0.15, 0.2) is 0 Å². The molecule has 1 atom stereocenters. The normalized spacial score (nSPS) is 19.3. The molecule has 0 bridgehead atoms. The minimum Gasteiger partial charge on any atom is -0.485 e. The molecule has 1 aliphatic rings. The lowest BCUT2D eigenvalue weighted by atomic mass is 9.94. The first-order valence-corrected chi connectivity index (χ1v) is 6.78. The van der Waals surface area contributed by atoms with E-state index in [2.05, 4.69) is 25.2 Å². The van der Waals surface area contributed by atoms with Crippen molar-refractivity contribution < 1.29 is 9.13 Å². The summed E-state index contributed by atoms with van der Waals surface area (Å²) in [5.41, 5.74) is 2.34. The quantitative estimate of drug-likeness (QED) is 0.870.